The second-order valence-electron chi connectivity index (χ2n) is 4.69. The zero-order valence-electron chi connectivity index (χ0n) is 10.1. The van der Waals surface area contributed by atoms with Gasteiger partial charge in [-0.15, -0.1) is 0 Å². The average Bonchev–Trinajstić information content (AvgIpc) is 2.40. The van der Waals surface area contributed by atoms with Crippen LogP contribution >= 0.6 is 0 Å². The van der Waals surface area contributed by atoms with Crippen molar-refractivity contribution < 1.29 is 4.39 Å². The van der Waals surface area contributed by atoms with Gasteiger partial charge < -0.3 is 10.6 Å². The van der Waals surface area contributed by atoms with Crippen LogP contribution in [-0.4, -0.2) is 24.1 Å². The molecule has 2 heterocycles. The van der Waals surface area contributed by atoms with Crippen molar-refractivity contribution >= 4 is 16.6 Å². The molecule has 1 atom stereocenters. The fourth-order valence-electron chi connectivity index (χ4n) is 2.46. The molecular weight excluding hydrogens is 229 g/mol. The molecule has 4 heteroatoms. The van der Waals surface area contributed by atoms with Crippen molar-refractivity contribution in [2.75, 3.05) is 18.4 Å². The summed E-state index contributed by atoms with van der Waals surface area (Å²) in [6, 6.07) is 7.28. The van der Waals surface area contributed by atoms with Crippen LogP contribution in [0.3, 0.4) is 0 Å². The Morgan fingerprint density at radius 1 is 1.33 bits per heavy atom. The summed E-state index contributed by atoms with van der Waals surface area (Å²) in [5, 5.41) is 8.16. The SMILES string of the molecule is Fc1cccc2ccnc(NC3CCCNC3)c12. The topological polar surface area (TPSA) is 37.0 Å². The molecule has 1 aromatic heterocycles. The molecule has 0 bridgehead atoms. The first-order valence-corrected chi connectivity index (χ1v) is 6.35. The molecular formula is C14H16FN3. The van der Waals surface area contributed by atoms with Gasteiger partial charge in [-0.05, 0) is 36.9 Å². The molecule has 1 fully saturated rings. The minimum absolute atomic E-state index is 0.216. The van der Waals surface area contributed by atoms with E-state index in [9.17, 15) is 4.39 Å². The van der Waals surface area contributed by atoms with E-state index < -0.39 is 0 Å². The number of hydrogen-bond donors (Lipinski definition) is 2. The van der Waals surface area contributed by atoms with Crippen LogP contribution in [-0.2, 0) is 0 Å². The molecule has 0 amide bonds. The third-order valence-electron chi connectivity index (χ3n) is 3.38. The molecule has 3 nitrogen and oxygen atoms in total. The Bertz CT molecular complexity index is 544. The van der Waals surface area contributed by atoms with Gasteiger partial charge in [-0.3, -0.25) is 0 Å². The molecule has 1 aliphatic rings. The van der Waals surface area contributed by atoms with Gasteiger partial charge in [0.05, 0.1) is 5.39 Å². The summed E-state index contributed by atoms with van der Waals surface area (Å²) in [5.74, 6) is 0.436. The summed E-state index contributed by atoms with van der Waals surface area (Å²) in [5.41, 5.74) is 0. The Morgan fingerprint density at radius 2 is 2.28 bits per heavy atom. The molecule has 94 valence electrons. The van der Waals surface area contributed by atoms with Crippen molar-refractivity contribution in [3.8, 4) is 0 Å². The second kappa shape index (κ2) is 4.90. The molecule has 18 heavy (non-hydrogen) atoms. The number of aromatic nitrogens is 1. The van der Waals surface area contributed by atoms with E-state index in [0.29, 0.717) is 17.2 Å². The number of nitrogens with one attached hydrogen (secondary N) is 2. The minimum Gasteiger partial charge on any atom is -0.365 e. The van der Waals surface area contributed by atoms with Gasteiger partial charge in [0.1, 0.15) is 11.6 Å². The van der Waals surface area contributed by atoms with Gasteiger partial charge >= 0.3 is 0 Å². The normalized spacial score (nSPS) is 19.9. The smallest absolute Gasteiger partial charge is 0.137 e. The van der Waals surface area contributed by atoms with Crippen LogP contribution in [0.1, 0.15) is 12.8 Å². The lowest BCUT2D eigenvalue weighted by atomic mass is 10.1. The number of benzene rings is 1. The highest BCUT2D eigenvalue weighted by atomic mass is 19.1. The lowest BCUT2D eigenvalue weighted by molar-refractivity contribution is 0.479. The Hall–Kier alpha value is -1.68. The molecule has 1 unspecified atom stereocenters. The molecule has 1 aliphatic heterocycles. The van der Waals surface area contributed by atoms with E-state index in [1.54, 1.807) is 12.3 Å². The maximum Gasteiger partial charge on any atom is 0.137 e. The van der Waals surface area contributed by atoms with E-state index in [1.807, 2.05) is 12.1 Å². The monoisotopic (exact) mass is 245 g/mol. The zero-order valence-corrected chi connectivity index (χ0v) is 10.1. The van der Waals surface area contributed by atoms with Crippen LogP contribution < -0.4 is 10.6 Å². The zero-order chi connectivity index (χ0) is 12.4. The van der Waals surface area contributed by atoms with Gasteiger partial charge in [-0.25, -0.2) is 9.37 Å². The lowest BCUT2D eigenvalue weighted by Crippen LogP contribution is -2.38. The van der Waals surface area contributed by atoms with Crippen molar-refractivity contribution in [2.24, 2.45) is 0 Å². The quantitative estimate of drug-likeness (QED) is 0.853. The number of pyridine rings is 1. The predicted molar refractivity (Wildman–Crippen MR) is 71.2 cm³/mol. The van der Waals surface area contributed by atoms with Crippen molar-refractivity contribution in [3.63, 3.8) is 0 Å². The second-order valence-corrected chi connectivity index (χ2v) is 4.69. The molecule has 0 radical (unpaired) electrons. The van der Waals surface area contributed by atoms with E-state index in [4.69, 9.17) is 0 Å². The summed E-state index contributed by atoms with van der Waals surface area (Å²) < 4.78 is 13.9. The number of anilines is 1. The summed E-state index contributed by atoms with van der Waals surface area (Å²) >= 11 is 0. The summed E-state index contributed by atoms with van der Waals surface area (Å²) in [6.07, 6.45) is 3.96. The van der Waals surface area contributed by atoms with Crippen LogP contribution in [0.15, 0.2) is 30.5 Å². The average molecular weight is 245 g/mol. The van der Waals surface area contributed by atoms with E-state index in [0.717, 1.165) is 31.3 Å². The predicted octanol–water partition coefficient (Wildman–Crippen LogP) is 2.54. The Labute approximate surface area is 105 Å². The standard InChI is InChI=1S/C14H16FN3/c15-12-5-1-3-10-6-8-17-14(13(10)12)18-11-4-2-7-16-9-11/h1,3,5-6,8,11,16H,2,4,7,9H2,(H,17,18). The largest absolute Gasteiger partial charge is 0.365 e. The number of piperidine rings is 1. The third-order valence-corrected chi connectivity index (χ3v) is 3.38. The third kappa shape index (κ3) is 2.16. The van der Waals surface area contributed by atoms with E-state index in [2.05, 4.69) is 15.6 Å². The highest BCUT2D eigenvalue weighted by molar-refractivity contribution is 5.92. The fourth-order valence-corrected chi connectivity index (χ4v) is 2.46. The van der Waals surface area contributed by atoms with E-state index in [1.165, 1.54) is 6.07 Å². The molecule has 0 aliphatic carbocycles. The Morgan fingerprint density at radius 3 is 3.11 bits per heavy atom. The van der Waals surface area contributed by atoms with Gasteiger partial charge in [0.25, 0.3) is 0 Å². The van der Waals surface area contributed by atoms with Crippen LogP contribution in [0.2, 0.25) is 0 Å². The summed E-state index contributed by atoms with van der Waals surface area (Å²) in [4.78, 5) is 4.28. The first-order chi connectivity index (χ1) is 8.84. The van der Waals surface area contributed by atoms with Gasteiger partial charge in [-0.2, -0.15) is 0 Å². The van der Waals surface area contributed by atoms with Crippen LogP contribution in [0.25, 0.3) is 10.8 Å². The van der Waals surface area contributed by atoms with Gasteiger partial charge in [0.15, 0.2) is 0 Å². The maximum absolute atomic E-state index is 13.9. The molecule has 2 aromatic rings. The maximum atomic E-state index is 13.9. The highest BCUT2D eigenvalue weighted by Gasteiger charge is 2.15. The molecule has 3 rings (SSSR count). The van der Waals surface area contributed by atoms with Crippen molar-refractivity contribution in [1.29, 1.82) is 0 Å². The molecule has 1 aromatic carbocycles. The Balaban J connectivity index is 1.95. The van der Waals surface area contributed by atoms with Crippen LogP contribution in [0.5, 0.6) is 0 Å². The van der Waals surface area contributed by atoms with Crippen LogP contribution in [0, 0.1) is 5.82 Å². The van der Waals surface area contributed by atoms with Gasteiger partial charge in [0.2, 0.25) is 0 Å². The number of hydrogen-bond acceptors (Lipinski definition) is 3. The molecule has 0 saturated carbocycles. The molecule has 2 N–H and O–H groups in total. The number of rotatable bonds is 2. The van der Waals surface area contributed by atoms with Crippen molar-refractivity contribution in [1.82, 2.24) is 10.3 Å². The molecule has 1 saturated heterocycles. The lowest BCUT2D eigenvalue weighted by Gasteiger charge is -2.24. The first-order valence-electron chi connectivity index (χ1n) is 6.35. The summed E-state index contributed by atoms with van der Waals surface area (Å²) in [7, 11) is 0. The van der Waals surface area contributed by atoms with Crippen molar-refractivity contribution in [3.05, 3.63) is 36.3 Å². The van der Waals surface area contributed by atoms with Crippen molar-refractivity contribution in [2.45, 2.75) is 18.9 Å². The Kier molecular flexibility index (Phi) is 3.11. The number of nitrogens with zero attached hydrogens (tertiary/aromatic N) is 1. The first kappa shape index (κ1) is 11.4. The fraction of sp³-hybridized carbons (Fsp3) is 0.357. The molecule has 0 spiro atoms. The van der Waals surface area contributed by atoms with E-state index >= 15 is 0 Å². The van der Waals surface area contributed by atoms with Gasteiger partial charge in [-0.1, -0.05) is 12.1 Å². The number of fused-ring (bicyclic) bond motifs is 1. The summed E-state index contributed by atoms with van der Waals surface area (Å²) in [6.45, 7) is 1.97. The highest BCUT2D eigenvalue weighted by Crippen LogP contribution is 2.25. The number of halogens is 1. The van der Waals surface area contributed by atoms with E-state index in [-0.39, 0.29) is 5.82 Å². The minimum atomic E-state index is -0.216. The van der Waals surface area contributed by atoms with Gasteiger partial charge in [0, 0.05) is 18.8 Å². The van der Waals surface area contributed by atoms with Crippen LogP contribution in [0.4, 0.5) is 10.2 Å².